The first-order chi connectivity index (χ1) is 9.77. The second kappa shape index (κ2) is 10.6. The van der Waals surface area contributed by atoms with Gasteiger partial charge in [0.1, 0.15) is 11.9 Å². The van der Waals surface area contributed by atoms with Crippen molar-refractivity contribution in [2.75, 3.05) is 47.3 Å². The van der Waals surface area contributed by atoms with E-state index in [1.54, 1.807) is 20.3 Å². The summed E-state index contributed by atoms with van der Waals surface area (Å²) < 4.78 is 20.8. The third kappa shape index (κ3) is 6.86. The third-order valence-corrected chi connectivity index (χ3v) is 2.76. The topological polar surface area (TPSA) is 57.2 Å². The van der Waals surface area contributed by atoms with Crippen LogP contribution in [-0.2, 0) is 14.2 Å². The molecule has 0 spiro atoms. The normalized spacial score (nSPS) is 12.3. The Labute approximate surface area is 120 Å². The minimum absolute atomic E-state index is 0.245. The largest absolute Gasteiger partial charge is 0.497 e. The Bertz CT molecular complexity index is 356. The molecule has 1 rings (SSSR count). The van der Waals surface area contributed by atoms with Crippen molar-refractivity contribution in [3.05, 3.63) is 29.8 Å². The highest BCUT2D eigenvalue weighted by atomic mass is 16.5. The second-order valence-electron chi connectivity index (χ2n) is 4.33. The molecule has 20 heavy (non-hydrogen) atoms. The van der Waals surface area contributed by atoms with E-state index in [-0.39, 0.29) is 6.61 Å². The molecule has 114 valence electrons. The van der Waals surface area contributed by atoms with E-state index in [4.69, 9.17) is 18.9 Å². The fourth-order valence-electron chi connectivity index (χ4n) is 1.67. The third-order valence-electron chi connectivity index (χ3n) is 2.76. The molecule has 0 amide bonds. The zero-order valence-electron chi connectivity index (χ0n) is 12.2. The maximum atomic E-state index is 9.98. The van der Waals surface area contributed by atoms with E-state index in [9.17, 15) is 5.11 Å². The van der Waals surface area contributed by atoms with Crippen LogP contribution in [0.25, 0.3) is 0 Å². The van der Waals surface area contributed by atoms with Gasteiger partial charge in [-0.1, -0.05) is 12.1 Å². The molecule has 0 aliphatic heterocycles. The maximum absolute atomic E-state index is 9.98. The van der Waals surface area contributed by atoms with Crippen LogP contribution < -0.4 is 4.74 Å². The average Bonchev–Trinajstić information content (AvgIpc) is 2.49. The molecule has 0 aromatic heterocycles. The summed E-state index contributed by atoms with van der Waals surface area (Å²) in [6.07, 6.45) is 0.224. The first-order valence-electron chi connectivity index (χ1n) is 6.74. The monoisotopic (exact) mass is 284 g/mol. The van der Waals surface area contributed by atoms with Crippen molar-refractivity contribution in [2.24, 2.45) is 0 Å². The molecule has 0 aliphatic carbocycles. The molecule has 5 heteroatoms. The Morgan fingerprint density at radius 1 is 1.05 bits per heavy atom. The molecule has 0 saturated heterocycles. The molecule has 1 unspecified atom stereocenters. The van der Waals surface area contributed by atoms with Crippen LogP contribution in [0, 0.1) is 0 Å². The van der Waals surface area contributed by atoms with Gasteiger partial charge in [-0.05, 0) is 24.1 Å². The zero-order valence-corrected chi connectivity index (χ0v) is 12.2. The summed E-state index contributed by atoms with van der Waals surface area (Å²) in [6.45, 7) is 2.60. The summed E-state index contributed by atoms with van der Waals surface area (Å²) in [5.41, 5.74) is 0.783. The van der Waals surface area contributed by atoms with Crippen LogP contribution in [0.15, 0.2) is 24.3 Å². The van der Waals surface area contributed by atoms with Crippen molar-refractivity contribution in [3.63, 3.8) is 0 Å². The minimum Gasteiger partial charge on any atom is -0.497 e. The summed E-state index contributed by atoms with van der Waals surface area (Å²) >= 11 is 0. The Kier molecular flexibility index (Phi) is 8.98. The van der Waals surface area contributed by atoms with Crippen molar-refractivity contribution < 1.29 is 24.1 Å². The minimum atomic E-state index is -0.654. The second-order valence-corrected chi connectivity index (χ2v) is 4.33. The van der Waals surface area contributed by atoms with Gasteiger partial charge in [0.05, 0.1) is 26.9 Å². The van der Waals surface area contributed by atoms with Gasteiger partial charge in [-0.2, -0.15) is 0 Å². The summed E-state index contributed by atoms with van der Waals surface area (Å²) in [5.74, 6) is 0.725. The van der Waals surface area contributed by atoms with Crippen LogP contribution in [-0.4, -0.2) is 52.4 Å². The van der Waals surface area contributed by atoms with Crippen LogP contribution in [0.1, 0.15) is 18.1 Å². The van der Waals surface area contributed by atoms with E-state index < -0.39 is 6.10 Å². The van der Waals surface area contributed by atoms with Gasteiger partial charge in [0.15, 0.2) is 0 Å². The van der Waals surface area contributed by atoms with E-state index in [1.807, 2.05) is 18.2 Å². The van der Waals surface area contributed by atoms with Crippen LogP contribution in [0.2, 0.25) is 0 Å². The zero-order chi connectivity index (χ0) is 14.6. The quantitative estimate of drug-likeness (QED) is 0.628. The number of benzene rings is 1. The smallest absolute Gasteiger partial charge is 0.119 e. The van der Waals surface area contributed by atoms with Gasteiger partial charge in [-0.15, -0.1) is 0 Å². The fraction of sp³-hybridized carbons (Fsp3) is 0.600. The lowest BCUT2D eigenvalue weighted by atomic mass is 10.1. The van der Waals surface area contributed by atoms with E-state index in [2.05, 4.69) is 0 Å². The van der Waals surface area contributed by atoms with Gasteiger partial charge in [-0.3, -0.25) is 0 Å². The summed E-state index contributed by atoms with van der Waals surface area (Å²) in [5, 5.41) is 9.98. The lowest BCUT2D eigenvalue weighted by Gasteiger charge is -2.12. The van der Waals surface area contributed by atoms with Gasteiger partial charge >= 0.3 is 0 Å². The van der Waals surface area contributed by atoms with E-state index >= 15 is 0 Å². The Morgan fingerprint density at radius 2 is 1.85 bits per heavy atom. The molecule has 1 aromatic rings. The van der Waals surface area contributed by atoms with Gasteiger partial charge in [0.25, 0.3) is 0 Å². The molecule has 0 bridgehead atoms. The first-order valence-corrected chi connectivity index (χ1v) is 6.74. The molecular formula is C15H24O5. The average molecular weight is 284 g/mol. The molecule has 1 atom stereocenters. The molecular weight excluding hydrogens is 260 g/mol. The maximum Gasteiger partial charge on any atom is 0.119 e. The van der Waals surface area contributed by atoms with Crippen LogP contribution in [0.3, 0.4) is 0 Å². The molecule has 0 heterocycles. The van der Waals surface area contributed by atoms with E-state index in [0.717, 1.165) is 17.7 Å². The summed E-state index contributed by atoms with van der Waals surface area (Å²) in [7, 11) is 3.27. The highest BCUT2D eigenvalue weighted by Crippen LogP contribution is 2.19. The molecule has 0 saturated carbocycles. The highest BCUT2D eigenvalue weighted by molar-refractivity contribution is 5.29. The number of methoxy groups -OCH3 is 2. The summed E-state index contributed by atoms with van der Waals surface area (Å²) in [4.78, 5) is 0. The molecule has 5 nitrogen and oxygen atoms in total. The molecule has 1 aromatic carbocycles. The molecule has 1 N–H and O–H groups in total. The van der Waals surface area contributed by atoms with Crippen molar-refractivity contribution in [3.8, 4) is 5.75 Å². The fourth-order valence-corrected chi connectivity index (χ4v) is 1.67. The van der Waals surface area contributed by atoms with Crippen molar-refractivity contribution in [1.82, 2.24) is 0 Å². The van der Waals surface area contributed by atoms with Crippen LogP contribution >= 0.6 is 0 Å². The van der Waals surface area contributed by atoms with Crippen LogP contribution in [0.4, 0.5) is 0 Å². The Balaban J connectivity index is 2.12. The van der Waals surface area contributed by atoms with Crippen molar-refractivity contribution in [2.45, 2.75) is 12.5 Å². The lowest BCUT2D eigenvalue weighted by Crippen LogP contribution is -2.12. The number of aliphatic hydroxyl groups is 1. The van der Waals surface area contributed by atoms with Gasteiger partial charge in [0.2, 0.25) is 0 Å². The molecule has 0 aliphatic rings. The number of hydrogen-bond acceptors (Lipinski definition) is 5. The number of hydrogen-bond donors (Lipinski definition) is 1. The SMILES string of the molecule is COCCCOCCOCC(O)c1cccc(OC)c1. The Hall–Kier alpha value is -1.14. The predicted molar refractivity (Wildman–Crippen MR) is 76.1 cm³/mol. The molecule has 0 fully saturated rings. The number of rotatable bonds is 11. The number of aliphatic hydroxyl groups excluding tert-OH is 1. The van der Waals surface area contributed by atoms with Gasteiger partial charge in [-0.25, -0.2) is 0 Å². The van der Waals surface area contributed by atoms with Crippen LogP contribution in [0.5, 0.6) is 5.75 Å². The lowest BCUT2D eigenvalue weighted by molar-refractivity contribution is 0.000453. The van der Waals surface area contributed by atoms with E-state index in [1.165, 1.54) is 0 Å². The van der Waals surface area contributed by atoms with Crippen molar-refractivity contribution in [1.29, 1.82) is 0 Å². The standard InChI is InChI=1S/C15H24O5/c1-17-7-4-8-19-9-10-20-12-15(16)13-5-3-6-14(11-13)18-2/h3,5-6,11,15-16H,4,7-10,12H2,1-2H3. The van der Waals surface area contributed by atoms with Crippen molar-refractivity contribution >= 4 is 0 Å². The van der Waals surface area contributed by atoms with Gasteiger partial charge in [0, 0.05) is 20.3 Å². The summed E-state index contributed by atoms with van der Waals surface area (Å²) in [6, 6.07) is 7.33. The molecule has 0 radical (unpaired) electrons. The first kappa shape index (κ1) is 16.9. The highest BCUT2D eigenvalue weighted by Gasteiger charge is 2.08. The van der Waals surface area contributed by atoms with E-state index in [0.29, 0.717) is 26.4 Å². The Morgan fingerprint density at radius 3 is 2.60 bits per heavy atom. The predicted octanol–water partition coefficient (Wildman–Crippen LogP) is 1.80. The number of ether oxygens (including phenoxy) is 4. The van der Waals surface area contributed by atoms with Gasteiger partial charge < -0.3 is 24.1 Å².